The third-order valence-corrected chi connectivity index (χ3v) is 7.65. The zero-order valence-corrected chi connectivity index (χ0v) is 21.8. The van der Waals surface area contributed by atoms with Gasteiger partial charge in [0.2, 0.25) is 0 Å². The lowest BCUT2D eigenvalue weighted by Gasteiger charge is -2.37. The SMILES string of the molecule is CC[C@@H](C)OC(=O)C1=C(C)NC2=C(C(=O)C[C@H](c3ccc(OC)cc3)C2)[C@H]1c1cccc2ccccc12. The Labute approximate surface area is 218 Å². The lowest BCUT2D eigenvalue weighted by atomic mass is 9.71. The summed E-state index contributed by atoms with van der Waals surface area (Å²) in [5, 5.41) is 5.57. The van der Waals surface area contributed by atoms with Crippen LogP contribution in [0.25, 0.3) is 10.8 Å². The van der Waals surface area contributed by atoms with E-state index in [1.165, 1.54) is 0 Å². The van der Waals surface area contributed by atoms with E-state index in [9.17, 15) is 9.59 Å². The monoisotopic (exact) mass is 495 g/mol. The average molecular weight is 496 g/mol. The van der Waals surface area contributed by atoms with Gasteiger partial charge in [0.15, 0.2) is 5.78 Å². The highest BCUT2D eigenvalue weighted by molar-refractivity contribution is 6.05. The van der Waals surface area contributed by atoms with Crippen LogP contribution >= 0.6 is 0 Å². The fraction of sp³-hybridized carbons (Fsp3) is 0.312. The van der Waals surface area contributed by atoms with Gasteiger partial charge in [0.25, 0.3) is 0 Å². The minimum absolute atomic E-state index is 0.0549. The number of rotatable bonds is 6. The van der Waals surface area contributed by atoms with Crippen molar-refractivity contribution in [3.63, 3.8) is 0 Å². The smallest absolute Gasteiger partial charge is 0.337 e. The van der Waals surface area contributed by atoms with Crippen molar-refractivity contribution < 1.29 is 19.1 Å². The van der Waals surface area contributed by atoms with E-state index in [2.05, 4.69) is 23.5 Å². The number of allylic oxidation sites excluding steroid dienone is 3. The molecular weight excluding hydrogens is 462 g/mol. The van der Waals surface area contributed by atoms with Gasteiger partial charge in [0.1, 0.15) is 5.75 Å². The molecule has 0 bridgehead atoms. The lowest BCUT2D eigenvalue weighted by molar-refractivity contribution is -0.143. The predicted octanol–water partition coefficient (Wildman–Crippen LogP) is 6.55. The largest absolute Gasteiger partial charge is 0.497 e. The van der Waals surface area contributed by atoms with Gasteiger partial charge in [-0.1, -0.05) is 61.5 Å². The zero-order valence-electron chi connectivity index (χ0n) is 21.8. The molecule has 5 rings (SSSR count). The highest BCUT2D eigenvalue weighted by Crippen LogP contribution is 2.47. The number of esters is 1. The summed E-state index contributed by atoms with van der Waals surface area (Å²) < 4.78 is 11.1. The minimum Gasteiger partial charge on any atom is -0.497 e. The Morgan fingerprint density at radius 1 is 1.03 bits per heavy atom. The molecule has 0 radical (unpaired) electrons. The van der Waals surface area contributed by atoms with Crippen LogP contribution in [-0.2, 0) is 14.3 Å². The van der Waals surface area contributed by atoms with Crippen LogP contribution in [0.3, 0.4) is 0 Å². The van der Waals surface area contributed by atoms with Crippen LogP contribution in [0, 0.1) is 0 Å². The van der Waals surface area contributed by atoms with Crippen molar-refractivity contribution >= 4 is 22.5 Å². The number of ether oxygens (including phenoxy) is 2. The van der Waals surface area contributed by atoms with E-state index in [-0.39, 0.29) is 23.8 Å². The highest BCUT2D eigenvalue weighted by atomic mass is 16.5. The number of Topliss-reactive ketones (excluding diaryl/α,β-unsaturated/α-hetero) is 1. The van der Waals surface area contributed by atoms with Gasteiger partial charge in [0, 0.05) is 29.3 Å². The molecule has 0 saturated heterocycles. The Hall–Kier alpha value is -3.86. The fourth-order valence-corrected chi connectivity index (χ4v) is 5.56. The first-order chi connectivity index (χ1) is 17.9. The van der Waals surface area contributed by atoms with Crippen molar-refractivity contribution in [3.8, 4) is 5.75 Å². The Bertz CT molecular complexity index is 1410. The molecule has 3 atom stereocenters. The van der Waals surface area contributed by atoms with Crippen molar-refractivity contribution in [2.75, 3.05) is 7.11 Å². The summed E-state index contributed by atoms with van der Waals surface area (Å²) in [6.45, 7) is 5.80. The Balaban J connectivity index is 1.62. The molecule has 5 heteroatoms. The van der Waals surface area contributed by atoms with Crippen LogP contribution in [-0.4, -0.2) is 25.0 Å². The normalized spacial score (nSPS) is 20.4. The molecule has 190 valence electrons. The summed E-state index contributed by atoms with van der Waals surface area (Å²) in [6.07, 6.45) is 1.60. The van der Waals surface area contributed by atoms with Gasteiger partial charge < -0.3 is 14.8 Å². The number of hydrogen-bond acceptors (Lipinski definition) is 5. The fourth-order valence-electron chi connectivity index (χ4n) is 5.56. The Kier molecular flexibility index (Phi) is 6.88. The number of dihydropyridines is 1. The number of benzene rings is 3. The summed E-state index contributed by atoms with van der Waals surface area (Å²) >= 11 is 0. The van der Waals surface area contributed by atoms with Crippen LogP contribution in [0.4, 0.5) is 0 Å². The zero-order chi connectivity index (χ0) is 26.1. The molecule has 37 heavy (non-hydrogen) atoms. The Morgan fingerprint density at radius 2 is 1.76 bits per heavy atom. The number of fused-ring (bicyclic) bond motifs is 1. The molecule has 0 fully saturated rings. The first-order valence-corrected chi connectivity index (χ1v) is 13.0. The van der Waals surface area contributed by atoms with Gasteiger partial charge in [-0.15, -0.1) is 0 Å². The lowest BCUT2D eigenvalue weighted by Crippen LogP contribution is -2.36. The molecule has 0 amide bonds. The maximum atomic E-state index is 13.9. The summed E-state index contributed by atoms with van der Waals surface area (Å²) in [4.78, 5) is 27.5. The van der Waals surface area contributed by atoms with E-state index >= 15 is 0 Å². The third kappa shape index (κ3) is 4.66. The van der Waals surface area contributed by atoms with Crippen molar-refractivity contribution in [1.29, 1.82) is 0 Å². The summed E-state index contributed by atoms with van der Waals surface area (Å²) in [6, 6.07) is 22.2. The summed E-state index contributed by atoms with van der Waals surface area (Å²) in [7, 11) is 1.65. The van der Waals surface area contributed by atoms with Gasteiger partial charge in [-0.25, -0.2) is 4.79 Å². The van der Waals surface area contributed by atoms with E-state index < -0.39 is 5.92 Å². The third-order valence-electron chi connectivity index (χ3n) is 7.65. The Morgan fingerprint density at radius 3 is 2.49 bits per heavy atom. The minimum atomic E-state index is -0.483. The maximum Gasteiger partial charge on any atom is 0.337 e. The molecule has 0 spiro atoms. The van der Waals surface area contributed by atoms with E-state index in [0.717, 1.165) is 45.5 Å². The van der Waals surface area contributed by atoms with Crippen LogP contribution in [0.15, 0.2) is 89.3 Å². The number of hydrogen-bond donors (Lipinski definition) is 1. The van der Waals surface area contributed by atoms with E-state index in [1.54, 1.807) is 7.11 Å². The first-order valence-electron chi connectivity index (χ1n) is 13.0. The average Bonchev–Trinajstić information content (AvgIpc) is 2.91. The van der Waals surface area contributed by atoms with Crippen molar-refractivity contribution in [3.05, 3.63) is 100 Å². The van der Waals surface area contributed by atoms with Crippen molar-refractivity contribution in [1.82, 2.24) is 5.32 Å². The van der Waals surface area contributed by atoms with Gasteiger partial charge in [-0.05, 0) is 66.6 Å². The van der Waals surface area contributed by atoms with E-state index in [4.69, 9.17) is 9.47 Å². The predicted molar refractivity (Wildman–Crippen MR) is 145 cm³/mol. The van der Waals surface area contributed by atoms with Gasteiger partial charge in [-0.2, -0.15) is 0 Å². The molecule has 1 aliphatic carbocycles. The number of carbonyl (C=O) groups is 2. The molecule has 0 saturated carbocycles. The number of ketones is 1. The molecule has 1 heterocycles. The van der Waals surface area contributed by atoms with Gasteiger partial charge in [-0.3, -0.25) is 4.79 Å². The van der Waals surface area contributed by atoms with Crippen molar-refractivity contribution in [2.24, 2.45) is 0 Å². The summed E-state index contributed by atoms with van der Waals surface area (Å²) in [5.41, 5.74) is 4.90. The molecule has 3 aromatic carbocycles. The molecule has 0 aromatic heterocycles. The van der Waals surface area contributed by atoms with Crippen LogP contribution in [0.5, 0.6) is 5.75 Å². The quantitative estimate of drug-likeness (QED) is 0.393. The summed E-state index contributed by atoms with van der Waals surface area (Å²) in [5.74, 6) is 0.0612. The molecular formula is C32H33NO4. The van der Waals surface area contributed by atoms with Crippen LogP contribution < -0.4 is 10.1 Å². The topological polar surface area (TPSA) is 64.6 Å². The maximum absolute atomic E-state index is 13.9. The molecule has 5 nitrogen and oxygen atoms in total. The standard InChI is InChI=1S/C32H33NO4/c1-5-19(2)37-32(35)29-20(3)33-27-17-23(21-13-15-24(36-4)16-14-21)18-28(34)31(27)30(29)26-12-8-10-22-9-6-7-11-25(22)26/h6-16,19,23,30,33H,5,17-18H2,1-4H3/t19-,23-,30+/m1/s1. The van der Waals surface area contributed by atoms with Gasteiger partial charge in [0.05, 0.1) is 18.8 Å². The number of methoxy groups -OCH3 is 1. The second-order valence-electron chi connectivity index (χ2n) is 9.98. The highest BCUT2D eigenvalue weighted by Gasteiger charge is 2.42. The molecule has 1 aliphatic heterocycles. The second-order valence-corrected chi connectivity index (χ2v) is 9.98. The second kappa shape index (κ2) is 10.3. The van der Waals surface area contributed by atoms with E-state index in [0.29, 0.717) is 24.0 Å². The van der Waals surface area contributed by atoms with Gasteiger partial charge >= 0.3 is 5.97 Å². The molecule has 3 aromatic rings. The number of carbonyl (C=O) groups excluding carboxylic acids is 2. The first kappa shape index (κ1) is 24.8. The van der Waals surface area contributed by atoms with E-state index in [1.807, 2.05) is 69.3 Å². The van der Waals surface area contributed by atoms with Crippen LogP contribution in [0.1, 0.15) is 63.0 Å². The van der Waals surface area contributed by atoms with Crippen molar-refractivity contribution in [2.45, 2.75) is 58.0 Å². The molecule has 2 aliphatic rings. The number of nitrogens with one attached hydrogen (secondary N) is 1. The van der Waals surface area contributed by atoms with Crippen LogP contribution in [0.2, 0.25) is 0 Å². The molecule has 0 unspecified atom stereocenters. The molecule has 1 N–H and O–H groups in total.